The molecule has 3 aromatic rings. The van der Waals surface area contributed by atoms with Crippen molar-refractivity contribution in [3.05, 3.63) is 95.1 Å². The van der Waals surface area contributed by atoms with Crippen molar-refractivity contribution in [1.29, 1.82) is 5.41 Å². The number of rotatable bonds is 10. The number of nitrogens with zero attached hydrogens (tertiary/aromatic N) is 5. The highest BCUT2D eigenvalue weighted by Crippen LogP contribution is 2.43. The SMILES string of the molecule is CN=CN=C(N)c1ccc(C2=CCN(C(=O)CN3CC[C@]4(CCN(c5ccc(N)c(C(=N)c6cccc(OC(C)C)c6)c5)C4=O)C3)CC2)cc1. The number of nitrogen functional groups attached to an aromatic ring is 1. The van der Waals surface area contributed by atoms with Crippen LogP contribution in [0.1, 0.15) is 55.4 Å². The van der Waals surface area contributed by atoms with E-state index in [1.807, 2.05) is 84.3 Å². The van der Waals surface area contributed by atoms with Gasteiger partial charge in [-0.2, -0.15) is 0 Å². The molecule has 260 valence electrons. The number of carbonyl (C=O) groups excluding carboxylic acids is 2. The summed E-state index contributed by atoms with van der Waals surface area (Å²) in [5.41, 5.74) is 17.8. The Kier molecular flexibility index (Phi) is 10.1. The van der Waals surface area contributed by atoms with E-state index < -0.39 is 5.41 Å². The Labute approximate surface area is 293 Å². The maximum atomic E-state index is 14.0. The maximum Gasteiger partial charge on any atom is 0.237 e. The fourth-order valence-electron chi connectivity index (χ4n) is 7.12. The zero-order valence-electron chi connectivity index (χ0n) is 29.1. The number of hydrogen-bond acceptors (Lipinski definition) is 7. The van der Waals surface area contributed by atoms with Gasteiger partial charge in [0.2, 0.25) is 11.8 Å². The molecule has 2 fully saturated rings. The third-order valence-corrected chi connectivity index (χ3v) is 9.84. The summed E-state index contributed by atoms with van der Waals surface area (Å²) in [6.45, 7) is 7.29. The Bertz CT molecular complexity index is 1860. The smallest absolute Gasteiger partial charge is 0.237 e. The third-order valence-electron chi connectivity index (χ3n) is 9.84. The summed E-state index contributed by atoms with van der Waals surface area (Å²) in [6, 6.07) is 20.9. The number of nitrogens with two attached hydrogens (primary N) is 2. The van der Waals surface area contributed by atoms with Gasteiger partial charge in [0.05, 0.1) is 23.8 Å². The van der Waals surface area contributed by atoms with E-state index in [4.69, 9.17) is 21.6 Å². The van der Waals surface area contributed by atoms with Crippen molar-refractivity contribution in [3.8, 4) is 5.75 Å². The molecule has 1 spiro atoms. The fraction of sp³-hybridized carbons (Fsp3) is 0.359. The Morgan fingerprint density at radius 2 is 1.82 bits per heavy atom. The van der Waals surface area contributed by atoms with Crippen molar-refractivity contribution in [2.24, 2.45) is 21.1 Å². The predicted octanol–water partition coefficient (Wildman–Crippen LogP) is 4.58. The van der Waals surface area contributed by atoms with Gasteiger partial charge < -0.3 is 26.0 Å². The van der Waals surface area contributed by atoms with Crippen LogP contribution in [0.2, 0.25) is 0 Å². The lowest BCUT2D eigenvalue weighted by Gasteiger charge is -2.29. The van der Waals surface area contributed by atoms with Crippen LogP contribution in [0.25, 0.3) is 5.57 Å². The minimum atomic E-state index is -0.517. The standard InChI is InChI=1S/C39H46N8O3/c1-26(2)50-32-6-4-5-30(21-32)36(41)33-22-31(11-12-34(33)40)47-20-16-39(38(47)49)15-19-45(24-39)23-35(48)46-17-13-28(14-18-46)27-7-9-29(10-8-27)37(42)44-25-43-3/h4-13,21-22,25-26,41H,14-20,23-24,40H2,1-3H3,(H2,42,43,44)/t39-/m0/s1. The fourth-order valence-corrected chi connectivity index (χ4v) is 7.12. The van der Waals surface area contributed by atoms with Gasteiger partial charge in [0, 0.05) is 61.3 Å². The lowest BCUT2D eigenvalue weighted by molar-refractivity contribution is -0.132. The maximum absolute atomic E-state index is 14.0. The van der Waals surface area contributed by atoms with Gasteiger partial charge in [-0.3, -0.25) is 24.9 Å². The van der Waals surface area contributed by atoms with Crippen LogP contribution in [0.15, 0.2) is 82.8 Å². The van der Waals surface area contributed by atoms with E-state index in [9.17, 15) is 9.59 Å². The number of likely N-dealkylation sites (tertiary alicyclic amines) is 1. The van der Waals surface area contributed by atoms with E-state index in [2.05, 4.69) is 21.0 Å². The summed E-state index contributed by atoms with van der Waals surface area (Å²) < 4.78 is 5.83. The van der Waals surface area contributed by atoms with E-state index in [1.165, 1.54) is 11.9 Å². The molecular weight excluding hydrogens is 628 g/mol. The summed E-state index contributed by atoms with van der Waals surface area (Å²) in [6.07, 6.45) is 5.78. The Morgan fingerprint density at radius 3 is 2.54 bits per heavy atom. The molecule has 3 heterocycles. The highest BCUT2D eigenvalue weighted by atomic mass is 16.5. The first-order chi connectivity index (χ1) is 24.1. The molecule has 11 heteroatoms. The Balaban J connectivity index is 1.06. The van der Waals surface area contributed by atoms with E-state index in [0.717, 1.165) is 36.1 Å². The number of anilines is 2. The van der Waals surface area contributed by atoms with Gasteiger partial charge in [0.25, 0.3) is 0 Å². The second-order valence-corrected chi connectivity index (χ2v) is 13.6. The zero-order valence-corrected chi connectivity index (χ0v) is 29.1. The molecule has 2 saturated heterocycles. The molecule has 11 nitrogen and oxygen atoms in total. The average Bonchev–Trinajstić information content (AvgIpc) is 3.68. The number of nitrogens with one attached hydrogen (secondary N) is 1. The number of carbonyl (C=O) groups is 2. The molecule has 50 heavy (non-hydrogen) atoms. The van der Waals surface area contributed by atoms with Crippen molar-refractivity contribution in [2.45, 2.75) is 39.2 Å². The minimum absolute atomic E-state index is 0.0185. The topological polar surface area (TPSA) is 154 Å². The summed E-state index contributed by atoms with van der Waals surface area (Å²) in [5.74, 6) is 1.27. The molecule has 0 bridgehead atoms. The highest BCUT2D eigenvalue weighted by Gasteiger charge is 2.51. The lowest BCUT2D eigenvalue weighted by Crippen LogP contribution is -2.43. The van der Waals surface area contributed by atoms with Gasteiger partial charge in [-0.25, -0.2) is 4.99 Å². The largest absolute Gasteiger partial charge is 0.491 e. The number of ether oxygens (including phenoxy) is 1. The van der Waals surface area contributed by atoms with E-state index in [1.54, 1.807) is 13.1 Å². The first-order valence-electron chi connectivity index (χ1n) is 17.2. The molecule has 0 unspecified atom stereocenters. The van der Waals surface area contributed by atoms with Crippen LogP contribution in [0.5, 0.6) is 5.75 Å². The van der Waals surface area contributed by atoms with Crippen LogP contribution >= 0.6 is 0 Å². The third kappa shape index (κ3) is 7.33. The molecule has 0 saturated carbocycles. The first kappa shape index (κ1) is 34.6. The van der Waals surface area contributed by atoms with Crippen molar-refractivity contribution >= 4 is 46.6 Å². The molecule has 3 aromatic carbocycles. The van der Waals surface area contributed by atoms with Gasteiger partial charge in [-0.15, -0.1) is 0 Å². The Hall–Kier alpha value is -5.29. The van der Waals surface area contributed by atoms with E-state index in [0.29, 0.717) is 67.7 Å². The summed E-state index contributed by atoms with van der Waals surface area (Å²) in [4.78, 5) is 41.2. The van der Waals surface area contributed by atoms with Gasteiger partial charge in [0.15, 0.2) is 0 Å². The van der Waals surface area contributed by atoms with Crippen LogP contribution in [0.4, 0.5) is 11.4 Å². The molecule has 2 amide bonds. The highest BCUT2D eigenvalue weighted by molar-refractivity contribution is 6.15. The normalized spacial score (nSPS) is 20.0. The zero-order chi connectivity index (χ0) is 35.4. The number of amides is 2. The van der Waals surface area contributed by atoms with Crippen LogP contribution in [0, 0.1) is 10.8 Å². The summed E-state index contributed by atoms with van der Waals surface area (Å²) in [7, 11) is 1.65. The van der Waals surface area contributed by atoms with Crippen molar-refractivity contribution < 1.29 is 14.3 Å². The summed E-state index contributed by atoms with van der Waals surface area (Å²) >= 11 is 0. The van der Waals surface area contributed by atoms with E-state index in [-0.39, 0.29) is 23.6 Å². The number of hydrogen-bond donors (Lipinski definition) is 3. The van der Waals surface area contributed by atoms with E-state index >= 15 is 0 Å². The second-order valence-electron chi connectivity index (χ2n) is 13.6. The van der Waals surface area contributed by atoms with Gasteiger partial charge in [-0.05, 0) is 81.1 Å². The number of benzene rings is 3. The van der Waals surface area contributed by atoms with Gasteiger partial charge in [0.1, 0.15) is 17.9 Å². The lowest BCUT2D eigenvalue weighted by atomic mass is 9.85. The Morgan fingerprint density at radius 1 is 1.04 bits per heavy atom. The molecule has 1 atom stereocenters. The van der Waals surface area contributed by atoms with Crippen molar-refractivity contribution in [2.75, 3.05) is 56.9 Å². The van der Waals surface area contributed by atoms with Crippen LogP contribution in [-0.2, 0) is 9.59 Å². The molecule has 0 radical (unpaired) electrons. The number of amidine groups is 1. The minimum Gasteiger partial charge on any atom is -0.491 e. The van der Waals surface area contributed by atoms with Crippen molar-refractivity contribution in [1.82, 2.24) is 9.80 Å². The van der Waals surface area contributed by atoms with Crippen LogP contribution in [-0.4, -0.2) is 91.9 Å². The quantitative estimate of drug-likeness (QED) is 0.163. The first-order valence-corrected chi connectivity index (χ1v) is 17.2. The molecular formula is C39H46N8O3. The predicted molar refractivity (Wildman–Crippen MR) is 200 cm³/mol. The second kappa shape index (κ2) is 14.7. The molecule has 3 aliphatic heterocycles. The van der Waals surface area contributed by atoms with Gasteiger partial charge in [-0.1, -0.05) is 42.5 Å². The molecule has 5 N–H and O–H groups in total. The molecule has 3 aliphatic rings. The molecule has 0 aromatic heterocycles. The number of aliphatic imine (C=N–C) groups is 2. The van der Waals surface area contributed by atoms with Crippen LogP contribution in [0.3, 0.4) is 0 Å². The molecule has 6 rings (SSSR count). The summed E-state index contributed by atoms with van der Waals surface area (Å²) in [5, 5.41) is 8.94. The van der Waals surface area contributed by atoms with Crippen LogP contribution < -0.4 is 21.1 Å². The van der Waals surface area contributed by atoms with Crippen molar-refractivity contribution in [3.63, 3.8) is 0 Å². The van der Waals surface area contributed by atoms with Gasteiger partial charge >= 0.3 is 0 Å². The molecule has 0 aliphatic carbocycles. The monoisotopic (exact) mass is 674 g/mol. The average molecular weight is 675 g/mol.